The standard InChI is InChI=1S/C22H20ClN3O6/c1-14-10-22(28)32-19-12-20(16(23)11-15(14)19)31-13-21(27)25-8-6-24(7-9-25)17-4-2-3-5-18(17)26(29)30/h2-5,10-12H,6-9,13H2,1H3. The quantitative estimate of drug-likeness (QED) is 0.328. The van der Waals surface area contributed by atoms with E-state index in [0.717, 1.165) is 5.56 Å². The van der Waals surface area contributed by atoms with Crippen LogP contribution in [-0.2, 0) is 4.79 Å². The molecule has 1 fully saturated rings. The first-order valence-corrected chi connectivity index (χ1v) is 10.3. The second-order valence-corrected chi connectivity index (χ2v) is 7.84. The molecule has 9 nitrogen and oxygen atoms in total. The second kappa shape index (κ2) is 8.88. The van der Waals surface area contributed by atoms with Gasteiger partial charge >= 0.3 is 5.63 Å². The van der Waals surface area contributed by atoms with Crippen molar-refractivity contribution < 1.29 is 18.9 Å². The maximum Gasteiger partial charge on any atom is 0.336 e. The molecule has 1 aliphatic heterocycles. The number of nitrogens with zero attached hydrogens (tertiary/aromatic N) is 3. The van der Waals surface area contributed by atoms with E-state index in [2.05, 4.69) is 0 Å². The van der Waals surface area contributed by atoms with Gasteiger partial charge in [-0.2, -0.15) is 0 Å². The third kappa shape index (κ3) is 4.38. The van der Waals surface area contributed by atoms with Gasteiger partial charge in [0.15, 0.2) is 6.61 Å². The molecule has 0 N–H and O–H groups in total. The molecule has 1 saturated heterocycles. The Labute approximate surface area is 187 Å². The van der Waals surface area contributed by atoms with Crippen LogP contribution in [0.3, 0.4) is 0 Å². The van der Waals surface area contributed by atoms with Gasteiger partial charge in [-0.05, 0) is 24.6 Å². The van der Waals surface area contributed by atoms with Gasteiger partial charge in [0.05, 0.1) is 9.95 Å². The molecule has 1 amide bonds. The normalized spacial score (nSPS) is 13.9. The van der Waals surface area contributed by atoms with Gasteiger partial charge in [0.1, 0.15) is 17.0 Å². The first-order chi connectivity index (χ1) is 15.3. The number of hydrogen-bond donors (Lipinski definition) is 0. The summed E-state index contributed by atoms with van der Waals surface area (Å²) in [4.78, 5) is 38.6. The topological polar surface area (TPSA) is 106 Å². The fourth-order valence-electron chi connectivity index (χ4n) is 3.74. The Balaban J connectivity index is 1.39. The molecule has 1 aliphatic rings. The summed E-state index contributed by atoms with van der Waals surface area (Å²) in [5.41, 5.74) is 1.18. The van der Waals surface area contributed by atoms with Gasteiger partial charge in [-0.25, -0.2) is 4.79 Å². The van der Waals surface area contributed by atoms with E-state index in [-0.39, 0.29) is 24.0 Å². The summed E-state index contributed by atoms with van der Waals surface area (Å²) in [5, 5.41) is 12.3. The summed E-state index contributed by atoms with van der Waals surface area (Å²) >= 11 is 6.28. The highest BCUT2D eigenvalue weighted by Crippen LogP contribution is 2.31. The Morgan fingerprint density at radius 3 is 2.62 bits per heavy atom. The summed E-state index contributed by atoms with van der Waals surface area (Å²) < 4.78 is 10.8. The van der Waals surface area contributed by atoms with Gasteiger partial charge in [0, 0.05) is 49.8 Å². The Morgan fingerprint density at radius 1 is 1.19 bits per heavy atom. The number of piperazine rings is 1. The molecule has 1 aromatic heterocycles. The molecule has 0 spiro atoms. The van der Waals surface area contributed by atoms with Crippen LogP contribution in [0.5, 0.6) is 5.75 Å². The van der Waals surface area contributed by atoms with Gasteiger partial charge in [0.2, 0.25) is 0 Å². The van der Waals surface area contributed by atoms with Crippen LogP contribution in [0.25, 0.3) is 11.0 Å². The number of nitro groups is 1. The lowest BCUT2D eigenvalue weighted by molar-refractivity contribution is -0.384. The molecule has 0 aliphatic carbocycles. The number of anilines is 1. The van der Waals surface area contributed by atoms with Crippen LogP contribution in [0.4, 0.5) is 11.4 Å². The summed E-state index contributed by atoms with van der Waals surface area (Å²) in [6, 6.07) is 11.1. The highest BCUT2D eigenvalue weighted by atomic mass is 35.5. The number of aryl methyl sites for hydroxylation is 1. The highest BCUT2D eigenvalue weighted by molar-refractivity contribution is 6.32. The van der Waals surface area contributed by atoms with E-state index < -0.39 is 10.5 Å². The number of ether oxygens (including phenoxy) is 1. The number of benzene rings is 2. The molecular weight excluding hydrogens is 438 g/mol. The Hall–Kier alpha value is -3.59. The van der Waals surface area contributed by atoms with Crippen LogP contribution in [0.15, 0.2) is 51.7 Å². The largest absolute Gasteiger partial charge is 0.482 e. The number of carbonyl (C=O) groups is 1. The van der Waals surface area contributed by atoms with Crippen LogP contribution in [0.2, 0.25) is 5.02 Å². The van der Waals surface area contributed by atoms with Crippen LogP contribution in [-0.4, -0.2) is 48.5 Å². The van der Waals surface area contributed by atoms with Crippen LogP contribution in [0, 0.1) is 17.0 Å². The number of para-hydroxylation sites is 2. The molecule has 166 valence electrons. The number of carbonyl (C=O) groups excluding carboxylic acids is 1. The molecule has 0 unspecified atom stereocenters. The summed E-state index contributed by atoms with van der Waals surface area (Å²) in [7, 11) is 0. The van der Waals surface area contributed by atoms with Crippen molar-refractivity contribution in [3.05, 3.63) is 73.6 Å². The zero-order valence-electron chi connectivity index (χ0n) is 17.2. The maximum absolute atomic E-state index is 12.6. The fourth-order valence-corrected chi connectivity index (χ4v) is 3.96. The average Bonchev–Trinajstić information content (AvgIpc) is 2.78. The smallest absolute Gasteiger partial charge is 0.336 e. The minimum Gasteiger partial charge on any atom is -0.482 e. The predicted molar refractivity (Wildman–Crippen MR) is 120 cm³/mol. The van der Waals surface area contributed by atoms with Crippen LogP contribution < -0.4 is 15.3 Å². The minimum absolute atomic E-state index is 0.0449. The van der Waals surface area contributed by atoms with Gasteiger partial charge in [-0.1, -0.05) is 23.7 Å². The van der Waals surface area contributed by atoms with Crippen molar-refractivity contribution in [2.24, 2.45) is 0 Å². The van der Waals surface area contributed by atoms with Crippen LogP contribution >= 0.6 is 11.6 Å². The van der Waals surface area contributed by atoms with Gasteiger partial charge in [-0.3, -0.25) is 14.9 Å². The van der Waals surface area contributed by atoms with E-state index in [4.69, 9.17) is 20.8 Å². The molecule has 10 heteroatoms. The molecule has 4 rings (SSSR count). The monoisotopic (exact) mass is 457 g/mol. The molecule has 32 heavy (non-hydrogen) atoms. The number of nitro benzene ring substituents is 1. The van der Waals surface area contributed by atoms with E-state index in [1.807, 2.05) is 4.90 Å². The zero-order chi connectivity index (χ0) is 22.8. The number of fused-ring (bicyclic) bond motifs is 1. The molecule has 0 bridgehead atoms. The van der Waals surface area contributed by atoms with E-state index in [1.54, 1.807) is 36.1 Å². The summed E-state index contributed by atoms with van der Waals surface area (Å²) in [6.45, 7) is 3.31. The zero-order valence-corrected chi connectivity index (χ0v) is 18.0. The molecule has 2 heterocycles. The van der Waals surface area contributed by atoms with Crippen molar-refractivity contribution in [1.29, 1.82) is 0 Å². The van der Waals surface area contributed by atoms with E-state index in [9.17, 15) is 19.7 Å². The second-order valence-electron chi connectivity index (χ2n) is 7.43. The fraction of sp³-hybridized carbons (Fsp3) is 0.273. The molecule has 0 radical (unpaired) electrons. The van der Waals surface area contributed by atoms with Crippen LogP contribution in [0.1, 0.15) is 5.56 Å². The minimum atomic E-state index is -0.476. The SMILES string of the molecule is Cc1cc(=O)oc2cc(OCC(=O)N3CCN(c4ccccc4[N+](=O)[O-])CC3)c(Cl)cc12. The molecule has 2 aromatic carbocycles. The Bertz CT molecular complexity index is 1250. The molecule has 0 saturated carbocycles. The maximum atomic E-state index is 12.6. The van der Waals surface area contributed by atoms with Crippen molar-refractivity contribution in [3.8, 4) is 5.75 Å². The highest BCUT2D eigenvalue weighted by Gasteiger charge is 2.25. The Kier molecular flexibility index (Phi) is 6.00. The number of hydrogen-bond acceptors (Lipinski definition) is 7. The first-order valence-electron chi connectivity index (χ1n) is 9.96. The van der Waals surface area contributed by atoms with Gasteiger partial charge in [0.25, 0.3) is 11.6 Å². The van der Waals surface area contributed by atoms with E-state index >= 15 is 0 Å². The van der Waals surface area contributed by atoms with Crippen molar-refractivity contribution in [1.82, 2.24) is 4.90 Å². The van der Waals surface area contributed by atoms with E-state index in [1.165, 1.54) is 18.2 Å². The third-order valence-corrected chi connectivity index (χ3v) is 5.70. The summed E-state index contributed by atoms with van der Waals surface area (Å²) in [6.07, 6.45) is 0. The average molecular weight is 458 g/mol. The number of amides is 1. The lowest BCUT2D eigenvalue weighted by Gasteiger charge is -2.35. The molecule has 0 atom stereocenters. The van der Waals surface area contributed by atoms with Crippen molar-refractivity contribution in [2.75, 3.05) is 37.7 Å². The lowest BCUT2D eigenvalue weighted by Crippen LogP contribution is -2.50. The first kappa shape index (κ1) is 21.6. The number of halogens is 1. The number of rotatable bonds is 5. The molecular formula is C22H20ClN3O6. The van der Waals surface area contributed by atoms with Crippen molar-refractivity contribution >= 4 is 39.9 Å². The van der Waals surface area contributed by atoms with Crippen molar-refractivity contribution in [3.63, 3.8) is 0 Å². The molecule has 3 aromatic rings. The van der Waals surface area contributed by atoms with Crippen molar-refractivity contribution in [2.45, 2.75) is 6.92 Å². The lowest BCUT2D eigenvalue weighted by atomic mass is 10.1. The van der Waals surface area contributed by atoms with Gasteiger partial charge < -0.3 is 19.0 Å². The predicted octanol–water partition coefficient (Wildman–Crippen LogP) is 3.39. The summed E-state index contributed by atoms with van der Waals surface area (Å²) in [5.74, 6) is 0.0221. The van der Waals surface area contributed by atoms with E-state index in [0.29, 0.717) is 47.9 Å². The Morgan fingerprint density at radius 2 is 1.91 bits per heavy atom. The van der Waals surface area contributed by atoms with Gasteiger partial charge in [-0.15, -0.1) is 0 Å². The third-order valence-electron chi connectivity index (χ3n) is 5.41.